The number of nitrogens with zero attached hydrogens (tertiary/aromatic N) is 2. The molecule has 24 heavy (non-hydrogen) atoms. The molecular formula is C15H16N6O3. The molecule has 4 amide bonds. The van der Waals surface area contributed by atoms with E-state index in [1.54, 1.807) is 24.3 Å². The molecule has 1 aliphatic heterocycles. The van der Waals surface area contributed by atoms with E-state index in [0.717, 1.165) is 11.3 Å². The molecular weight excluding hydrogens is 312 g/mol. The standard InChI is InChI=1S/C15H16N6O3/c1-8(22)17-10-4-2-9(3-5-10)14(23)18-13-11-6-21(15(16)24)7-12(11)19-20-13/h2-5H,6-7H2,1H3,(H2,16,24)(H,17,22)(H2,18,19,20,23). The normalized spacial score (nSPS) is 12.6. The van der Waals surface area contributed by atoms with E-state index in [1.165, 1.54) is 11.8 Å². The third-order valence-corrected chi connectivity index (χ3v) is 3.66. The minimum Gasteiger partial charge on any atom is -0.351 e. The lowest BCUT2D eigenvalue weighted by Gasteiger charge is -2.11. The van der Waals surface area contributed by atoms with Crippen LogP contribution in [-0.2, 0) is 17.9 Å². The first-order valence-electron chi connectivity index (χ1n) is 7.23. The topological polar surface area (TPSA) is 133 Å². The SMILES string of the molecule is CC(=O)Nc1ccc(C(=O)Nc2n[nH]c3c2CN(C(N)=O)C3)cc1. The summed E-state index contributed by atoms with van der Waals surface area (Å²) in [4.78, 5) is 36.0. The first-order valence-corrected chi connectivity index (χ1v) is 7.23. The number of carbonyl (C=O) groups is 3. The van der Waals surface area contributed by atoms with Crippen LogP contribution < -0.4 is 16.4 Å². The van der Waals surface area contributed by atoms with Crippen molar-refractivity contribution >= 4 is 29.4 Å². The van der Waals surface area contributed by atoms with Crippen LogP contribution in [0.3, 0.4) is 0 Å². The first kappa shape index (κ1) is 15.5. The zero-order valence-electron chi connectivity index (χ0n) is 12.9. The predicted octanol–water partition coefficient (Wildman–Crippen LogP) is 1.01. The van der Waals surface area contributed by atoms with Crippen molar-refractivity contribution in [2.45, 2.75) is 20.0 Å². The Bertz CT molecular complexity index is 811. The maximum absolute atomic E-state index is 12.3. The van der Waals surface area contributed by atoms with Gasteiger partial charge in [0.05, 0.1) is 18.8 Å². The molecule has 124 valence electrons. The Hall–Kier alpha value is -3.36. The predicted molar refractivity (Wildman–Crippen MR) is 86.1 cm³/mol. The summed E-state index contributed by atoms with van der Waals surface area (Å²) in [5.74, 6) is -0.140. The number of urea groups is 1. The molecule has 0 saturated carbocycles. The van der Waals surface area contributed by atoms with E-state index in [4.69, 9.17) is 5.73 Å². The Morgan fingerprint density at radius 1 is 1.17 bits per heavy atom. The molecule has 3 rings (SSSR count). The molecule has 0 unspecified atom stereocenters. The van der Waals surface area contributed by atoms with E-state index in [2.05, 4.69) is 20.8 Å². The molecule has 5 N–H and O–H groups in total. The highest BCUT2D eigenvalue weighted by atomic mass is 16.2. The van der Waals surface area contributed by atoms with Crippen molar-refractivity contribution in [3.8, 4) is 0 Å². The Kier molecular flexibility index (Phi) is 3.90. The van der Waals surface area contributed by atoms with Crippen molar-refractivity contribution in [3.63, 3.8) is 0 Å². The summed E-state index contributed by atoms with van der Waals surface area (Å²) < 4.78 is 0. The molecule has 2 heterocycles. The highest BCUT2D eigenvalue weighted by Gasteiger charge is 2.27. The second kappa shape index (κ2) is 6.03. The molecule has 0 saturated heterocycles. The number of amides is 4. The lowest BCUT2D eigenvalue weighted by Crippen LogP contribution is -2.31. The van der Waals surface area contributed by atoms with Gasteiger partial charge in [0.1, 0.15) is 0 Å². The summed E-state index contributed by atoms with van der Waals surface area (Å²) in [7, 11) is 0. The summed E-state index contributed by atoms with van der Waals surface area (Å²) in [6, 6.07) is 5.96. The second-order valence-electron chi connectivity index (χ2n) is 5.44. The number of nitrogens with two attached hydrogens (primary N) is 1. The number of H-pyrrole nitrogens is 1. The molecule has 1 aliphatic rings. The van der Waals surface area contributed by atoms with Crippen molar-refractivity contribution in [1.82, 2.24) is 15.1 Å². The van der Waals surface area contributed by atoms with Gasteiger partial charge in [-0.2, -0.15) is 5.10 Å². The van der Waals surface area contributed by atoms with Crippen LogP contribution >= 0.6 is 0 Å². The Balaban J connectivity index is 1.70. The lowest BCUT2D eigenvalue weighted by molar-refractivity contribution is -0.114. The fourth-order valence-corrected chi connectivity index (χ4v) is 2.49. The molecule has 0 spiro atoms. The number of aromatic nitrogens is 2. The van der Waals surface area contributed by atoms with Crippen LogP contribution in [0.1, 0.15) is 28.5 Å². The van der Waals surface area contributed by atoms with Crippen molar-refractivity contribution in [3.05, 3.63) is 41.1 Å². The maximum atomic E-state index is 12.3. The molecule has 0 fully saturated rings. The molecule has 1 aromatic heterocycles. The molecule has 1 aromatic carbocycles. The number of benzene rings is 1. The summed E-state index contributed by atoms with van der Waals surface area (Å²) in [6.45, 7) is 2.06. The van der Waals surface area contributed by atoms with Crippen LogP contribution in [0.4, 0.5) is 16.3 Å². The molecule has 0 atom stereocenters. The van der Waals surface area contributed by atoms with E-state index in [-0.39, 0.29) is 11.8 Å². The second-order valence-corrected chi connectivity index (χ2v) is 5.44. The number of fused-ring (bicyclic) bond motifs is 1. The molecule has 0 radical (unpaired) electrons. The average Bonchev–Trinajstić information content (AvgIpc) is 3.09. The van der Waals surface area contributed by atoms with E-state index in [0.29, 0.717) is 30.2 Å². The largest absolute Gasteiger partial charge is 0.351 e. The van der Waals surface area contributed by atoms with E-state index in [9.17, 15) is 14.4 Å². The van der Waals surface area contributed by atoms with Crippen LogP contribution in [0.5, 0.6) is 0 Å². The van der Waals surface area contributed by atoms with Gasteiger partial charge < -0.3 is 21.3 Å². The number of primary amides is 1. The average molecular weight is 328 g/mol. The number of anilines is 2. The van der Waals surface area contributed by atoms with Crippen molar-refractivity contribution in [2.24, 2.45) is 5.73 Å². The van der Waals surface area contributed by atoms with Gasteiger partial charge >= 0.3 is 6.03 Å². The number of hydrogen-bond acceptors (Lipinski definition) is 4. The number of rotatable bonds is 3. The van der Waals surface area contributed by atoms with E-state index < -0.39 is 6.03 Å². The summed E-state index contributed by atoms with van der Waals surface area (Å²) >= 11 is 0. The Morgan fingerprint density at radius 3 is 2.50 bits per heavy atom. The molecule has 9 nitrogen and oxygen atoms in total. The Labute approximate surface area is 137 Å². The van der Waals surface area contributed by atoms with E-state index >= 15 is 0 Å². The number of aromatic amines is 1. The quantitative estimate of drug-likeness (QED) is 0.669. The van der Waals surface area contributed by atoms with Crippen molar-refractivity contribution in [2.75, 3.05) is 10.6 Å². The molecule has 0 bridgehead atoms. The smallest absolute Gasteiger partial charge is 0.315 e. The van der Waals surface area contributed by atoms with Gasteiger partial charge in [0.2, 0.25) is 5.91 Å². The number of nitrogens with one attached hydrogen (secondary N) is 3. The zero-order valence-corrected chi connectivity index (χ0v) is 12.9. The van der Waals surface area contributed by atoms with Crippen molar-refractivity contribution in [1.29, 1.82) is 0 Å². The highest BCUT2D eigenvalue weighted by Crippen LogP contribution is 2.27. The summed E-state index contributed by atoms with van der Waals surface area (Å²) in [5, 5.41) is 12.2. The molecule has 0 aliphatic carbocycles. The zero-order chi connectivity index (χ0) is 17.3. The van der Waals surface area contributed by atoms with Crippen LogP contribution in [0.15, 0.2) is 24.3 Å². The van der Waals surface area contributed by atoms with Crippen LogP contribution in [0.2, 0.25) is 0 Å². The van der Waals surface area contributed by atoms with Gasteiger partial charge in [-0.15, -0.1) is 0 Å². The third-order valence-electron chi connectivity index (χ3n) is 3.66. The Morgan fingerprint density at radius 2 is 1.88 bits per heavy atom. The minimum atomic E-state index is -0.523. The number of carbonyl (C=O) groups excluding carboxylic acids is 3. The maximum Gasteiger partial charge on any atom is 0.315 e. The van der Waals surface area contributed by atoms with Crippen molar-refractivity contribution < 1.29 is 14.4 Å². The van der Waals surface area contributed by atoms with Gasteiger partial charge in [-0.1, -0.05) is 0 Å². The minimum absolute atomic E-state index is 0.182. The highest BCUT2D eigenvalue weighted by molar-refractivity contribution is 6.04. The monoisotopic (exact) mass is 328 g/mol. The van der Waals surface area contributed by atoms with Crippen LogP contribution in [0, 0.1) is 0 Å². The van der Waals surface area contributed by atoms with Gasteiger partial charge in [-0.3, -0.25) is 14.7 Å². The fourth-order valence-electron chi connectivity index (χ4n) is 2.49. The first-order chi connectivity index (χ1) is 11.4. The molecule has 9 heteroatoms. The van der Waals surface area contributed by atoms with Crippen LogP contribution in [0.25, 0.3) is 0 Å². The van der Waals surface area contributed by atoms with Gasteiger partial charge in [-0.05, 0) is 24.3 Å². The molecule has 2 aromatic rings. The van der Waals surface area contributed by atoms with E-state index in [1.807, 2.05) is 0 Å². The van der Waals surface area contributed by atoms with Gasteiger partial charge in [0, 0.05) is 23.7 Å². The lowest BCUT2D eigenvalue weighted by atomic mass is 10.2. The van der Waals surface area contributed by atoms with Gasteiger partial charge in [0.15, 0.2) is 5.82 Å². The fraction of sp³-hybridized carbons (Fsp3) is 0.200. The summed E-state index contributed by atoms with van der Waals surface area (Å²) in [6.07, 6.45) is 0. The third kappa shape index (κ3) is 3.05. The van der Waals surface area contributed by atoms with Crippen LogP contribution in [-0.4, -0.2) is 32.9 Å². The van der Waals surface area contributed by atoms with Gasteiger partial charge in [0.25, 0.3) is 5.91 Å². The van der Waals surface area contributed by atoms with Gasteiger partial charge in [-0.25, -0.2) is 4.79 Å². The summed E-state index contributed by atoms with van der Waals surface area (Å²) in [5.41, 5.74) is 7.79. The number of hydrogen-bond donors (Lipinski definition) is 4.